The van der Waals surface area contributed by atoms with E-state index in [9.17, 15) is 0 Å². The Morgan fingerprint density at radius 2 is 1.03 bits per heavy atom. The summed E-state index contributed by atoms with van der Waals surface area (Å²) >= 11 is 16.3. The van der Waals surface area contributed by atoms with E-state index in [-0.39, 0.29) is 12.2 Å². The van der Waals surface area contributed by atoms with Crippen molar-refractivity contribution in [2.45, 2.75) is 44.6 Å². The average molecular weight is 508 g/mol. The van der Waals surface area contributed by atoms with E-state index in [1.54, 1.807) is 23.5 Å². The van der Waals surface area contributed by atoms with Gasteiger partial charge in [0.05, 0.1) is 12.2 Å². The summed E-state index contributed by atoms with van der Waals surface area (Å²) in [7, 11) is 0. The Hall–Kier alpha value is -1.88. The zero-order valence-electron chi connectivity index (χ0n) is 17.6. The lowest BCUT2D eigenvalue weighted by atomic mass is 9.98. The van der Waals surface area contributed by atoms with Crippen molar-refractivity contribution in [1.82, 2.24) is 0 Å². The standard InChI is InChI=1S/C28H20Cl2OS2/c29-19-9-11-25-17(13-19)15-23(21-5-1-3-7-27(21)32-25)31-24-16-18-14-20(30)10-12-26(18)33-28-8-4-2-6-22(24)28/h1-14,23-24H,15-16H2/t23-,24-/m0/s1. The number of ether oxygens (including phenoxy) is 1. The maximum atomic E-state index is 7.03. The maximum Gasteiger partial charge on any atom is 0.0885 e. The van der Waals surface area contributed by atoms with Crippen LogP contribution >= 0.6 is 46.7 Å². The fourth-order valence-electron chi connectivity index (χ4n) is 4.59. The van der Waals surface area contributed by atoms with Crippen LogP contribution in [0.4, 0.5) is 0 Å². The van der Waals surface area contributed by atoms with E-state index in [1.807, 2.05) is 12.1 Å². The van der Waals surface area contributed by atoms with Gasteiger partial charge in [0, 0.05) is 42.5 Å². The lowest BCUT2D eigenvalue weighted by Gasteiger charge is -2.26. The van der Waals surface area contributed by atoms with Crippen molar-refractivity contribution in [2.75, 3.05) is 0 Å². The van der Waals surface area contributed by atoms with Gasteiger partial charge in [0.1, 0.15) is 0 Å². The normalized spacial score (nSPS) is 18.8. The Morgan fingerprint density at radius 1 is 0.576 bits per heavy atom. The molecule has 4 aromatic rings. The fraction of sp³-hybridized carbons (Fsp3) is 0.143. The summed E-state index contributed by atoms with van der Waals surface area (Å²) in [6, 6.07) is 29.5. The third kappa shape index (κ3) is 4.34. The summed E-state index contributed by atoms with van der Waals surface area (Å²) in [5.74, 6) is 0. The summed E-state index contributed by atoms with van der Waals surface area (Å²) in [5.41, 5.74) is 4.92. The van der Waals surface area contributed by atoms with Crippen molar-refractivity contribution in [1.29, 1.82) is 0 Å². The molecule has 164 valence electrons. The highest BCUT2D eigenvalue weighted by Gasteiger charge is 2.30. The molecule has 0 saturated heterocycles. The second kappa shape index (κ2) is 9.05. The molecule has 0 radical (unpaired) electrons. The molecular weight excluding hydrogens is 487 g/mol. The molecule has 0 saturated carbocycles. The lowest BCUT2D eigenvalue weighted by molar-refractivity contribution is -0.0175. The smallest absolute Gasteiger partial charge is 0.0885 e. The molecule has 0 spiro atoms. The number of hydrogen-bond donors (Lipinski definition) is 0. The zero-order valence-corrected chi connectivity index (χ0v) is 20.8. The Labute approximate surface area is 212 Å². The first-order chi connectivity index (χ1) is 16.1. The van der Waals surface area contributed by atoms with Crippen LogP contribution in [0.25, 0.3) is 0 Å². The van der Waals surface area contributed by atoms with E-state index in [1.165, 1.54) is 41.8 Å². The quantitative estimate of drug-likeness (QED) is 0.268. The van der Waals surface area contributed by atoms with Gasteiger partial charge in [-0.3, -0.25) is 0 Å². The summed E-state index contributed by atoms with van der Waals surface area (Å²) in [6.07, 6.45) is 1.43. The molecular formula is C28H20Cl2OS2. The van der Waals surface area contributed by atoms with Crippen molar-refractivity contribution < 1.29 is 4.74 Å². The van der Waals surface area contributed by atoms with Gasteiger partial charge in [0.25, 0.3) is 0 Å². The minimum atomic E-state index is -0.0720. The predicted molar refractivity (Wildman–Crippen MR) is 138 cm³/mol. The van der Waals surface area contributed by atoms with Crippen LogP contribution in [0.2, 0.25) is 10.0 Å². The highest BCUT2D eigenvalue weighted by atomic mass is 35.5. The van der Waals surface area contributed by atoms with E-state index < -0.39 is 0 Å². The first-order valence-electron chi connectivity index (χ1n) is 10.9. The number of halogens is 2. The zero-order chi connectivity index (χ0) is 22.4. The lowest BCUT2D eigenvalue weighted by Crippen LogP contribution is -2.15. The first kappa shape index (κ1) is 21.6. The fourth-order valence-corrected chi connectivity index (χ4v) is 7.20. The Kier molecular flexibility index (Phi) is 5.94. The van der Waals surface area contributed by atoms with Gasteiger partial charge >= 0.3 is 0 Å². The minimum absolute atomic E-state index is 0.0720. The van der Waals surface area contributed by atoms with Gasteiger partial charge in [-0.05, 0) is 70.8 Å². The van der Waals surface area contributed by atoms with Crippen molar-refractivity contribution >= 4 is 46.7 Å². The van der Waals surface area contributed by atoms with Crippen LogP contribution < -0.4 is 0 Å². The van der Waals surface area contributed by atoms with Crippen molar-refractivity contribution in [3.05, 3.63) is 117 Å². The summed E-state index contributed by atoms with van der Waals surface area (Å²) in [5, 5.41) is 1.53. The van der Waals surface area contributed by atoms with Crippen LogP contribution in [-0.4, -0.2) is 0 Å². The molecule has 0 amide bonds. The van der Waals surface area contributed by atoms with Crippen molar-refractivity contribution in [3.8, 4) is 0 Å². The van der Waals surface area contributed by atoms with Gasteiger partial charge < -0.3 is 4.74 Å². The molecule has 1 nitrogen and oxygen atoms in total. The predicted octanol–water partition coefficient (Wildman–Crippen LogP) is 9.21. The Morgan fingerprint density at radius 3 is 1.52 bits per heavy atom. The monoisotopic (exact) mass is 506 g/mol. The molecule has 2 aliphatic rings. The molecule has 33 heavy (non-hydrogen) atoms. The van der Waals surface area contributed by atoms with Crippen LogP contribution in [0.1, 0.15) is 34.5 Å². The second-order valence-corrected chi connectivity index (χ2v) is 11.3. The maximum absolute atomic E-state index is 7.03. The SMILES string of the molecule is Clc1ccc2c(c1)C[C@H](O[C@H]1Cc3cc(Cl)ccc3Sc3ccccc31)c1ccccc1S2. The van der Waals surface area contributed by atoms with Gasteiger partial charge in [-0.15, -0.1) is 0 Å². The summed E-state index contributed by atoms with van der Waals surface area (Å²) < 4.78 is 7.03. The van der Waals surface area contributed by atoms with Gasteiger partial charge in [0.15, 0.2) is 0 Å². The van der Waals surface area contributed by atoms with Gasteiger partial charge in [-0.2, -0.15) is 0 Å². The van der Waals surface area contributed by atoms with Crippen LogP contribution in [0.15, 0.2) is 105 Å². The number of hydrogen-bond acceptors (Lipinski definition) is 3. The molecule has 6 rings (SSSR count). The molecule has 2 atom stereocenters. The largest absolute Gasteiger partial charge is 0.365 e. The third-order valence-corrected chi connectivity index (χ3v) is 9.05. The van der Waals surface area contributed by atoms with Gasteiger partial charge in [-0.1, -0.05) is 83.1 Å². The summed E-state index contributed by atoms with van der Waals surface area (Å²) in [4.78, 5) is 4.96. The molecule has 5 heteroatoms. The molecule has 0 fully saturated rings. The molecule has 0 aliphatic carbocycles. The molecule has 4 aromatic carbocycles. The molecule has 2 heterocycles. The minimum Gasteiger partial charge on any atom is -0.365 e. The van der Waals surface area contributed by atoms with Crippen LogP contribution in [0, 0.1) is 0 Å². The summed E-state index contributed by atoms with van der Waals surface area (Å²) in [6.45, 7) is 0. The molecule has 0 aromatic heterocycles. The Balaban J connectivity index is 1.43. The van der Waals surface area contributed by atoms with Crippen LogP contribution in [-0.2, 0) is 17.6 Å². The van der Waals surface area contributed by atoms with Crippen molar-refractivity contribution in [3.63, 3.8) is 0 Å². The number of rotatable bonds is 2. The highest BCUT2D eigenvalue weighted by Crippen LogP contribution is 2.47. The van der Waals surface area contributed by atoms with E-state index >= 15 is 0 Å². The van der Waals surface area contributed by atoms with E-state index in [0.29, 0.717) is 0 Å². The highest BCUT2D eigenvalue weighted by molar-refractivity contribution is 7.99. The van der Waals surface area contributed by atoms with E-state index in [0.717, 1.165) is 22.9 Å². The first-order valence-corrected chi connectivity index (χ1v) is 13.3. The van der Waals surface area contributed by atoms with Gasteiger partial charge in [-0.25, -0.2) is 0 Å². The average Bonchev–Trinajstić information content (AvgIpc) is 3.06. The topological polar surface area (TPSA) is 9.23 Å². The molecule has 0 bridgehead atoms. The number of fused-ring (bicyclic) bond motifs is 4. The molecule has 0 N–H and O–H groups in total. The van der Waals surface area contributed by atoms with E-state index in [2.05, 4.69) is 72.8 Å². The number of benzene rings is 4. The third-order valence-electron chi connectivity index (χ3n) is 6.16. The van der Waals surface area contributed by atoms with Crippen LogP contribution in [0.3, 0.4) is 0 Å². The Bertz CT molecular complexity index is 1250. The van der Waals surface area contributed by atoms with E-state index in [4.69, 9.17) is 27.9 Å². The molecule has 2 aliphatic heterocycles. The van der Waals surface area contributed by atoms with Gasteiger partial charge in [0.2, 0.25) is 0 Å². The van der Waals surface area contributed by atoms with Crippen LogP contribution in [0.5, 0.6) is 0 Å². The second-order valence-electron chi connectivity index (χ2n) is 8.31. The van der Waals surface area contributed by atoms with Crippen molar-refractivity contribution in [2.24, 2.45) is 0 Å². The molecule has 0 unspecified atom stereocenters.